The molecule has 2 aliphatic heterocycles. The van der Waals surface area contributed by atoms with Crippen molar-refractivity contribution in [1.29, 1.82) is 0 Å². The predicted molar refractivity (Wildman–Crippen MR) is 99.0 cm³/mol. The number of fused-ring (bicyclic) bond motifs is 1. The molecule has 1 saturated heterocycles. The molecule has 0 aliphatic carbocycles. The van der Waals surface area contributed by atoms with Crippen molar-refractivity contribution in [2.24, 2.45) is 0 Å². The lowest BCUT2D eigenvalue weighted by molar-refractivity contribution is -0.131. The van der Waals surface area contributed by atoms with Gasteiger partial charge in [0.05, 0.1) is 6.42 Å². The molecule has 3 heterocycles. The van der Waals surface area contributed by atoms with Crippen LogP contribution in [0.4, 0.5) is 0 Å². The first-order valence-electron chi connectivity index (χ1n) is 9.13. The number of aromatic nitrogens is 1. The van der Waals surface area contributed by atoms with Crippen LogP contribution in [0.1, 0.15) is 27.3 Å². The first-order valence-corrected chi connectivity index (χ1v) is 9.13. The minimum absolute atomic E-state index is 0.0440. The zero-order valence-corrected chi connectivity index (χ0v) is 15.6. The molecule has 0 atom stereocenters. The van der Waals surface area contributed by atoms with Gasteiger partial charge in [-0.1, -0.05) is 0 Å². The van der Waals surface area contributed by atoms with Gasteiger partial charge in [0.2, 0.25) is 12.7 Å². The highest BCUT2D eigenvalue weighted by molar-refractivity contribution is 5.95. The van der Waals surface area contributed by atoms with Gasteiger partial charge in [-0.3, -0.25) is 9.59 Å². The second kappa shape index (κ2) is 6.98. The van der Waals surface area contributed by atoms with Crippen LogP contribution in [0, 0.1) is 13.8 Å². The van der Waals surface area contributed by atoms with Gasteiger partial charge in [-0.05, 0) is 43.7 Å². The van der Waals surface area contributed by atoms with Gasteiger partial charge in [-0.2, -0.15) is 0 Å². The summed E-state index contributed by atoms with van der Waals surface area (Å²) in [5.41, 5.74) is 3.72. The number of carbonyl (C=O) groups is 2. The molecule has 1 N–H and O–H groups in total. The zero-order valence-electron chi connectivity index (χ0n) is 15.6. The molecule has 27 heavy (non-hydrogen) atoms. The number of nitrogens with one attached hydrogen (secondary N) is 1. The Morgan fingerprint density at radius 1 is 1.00 bits per heavy atom. The highest BCUT2D eigenvalue weighted by Crippen LogP contribution is 2.32. The van der Waals surface area contributed by atoms with Crippen LogP contribution in [0.5, 0.6) is 11.5 Å². The maximum atomic E-state index is 12.7. The number of aryl methyl sites for hydroxylation is 2. The number of hydrogen-bond acceptors (Lipinski definition) is 4. The summed E-state index contributed by atoms with van der Waals surface area (Å²) in [5.74, 6) is 1.33. The number of carbonyl (C=O) groups excluding carboxylic acids is 2. The van der Waals surface area contributed by atoms with Crippen LogP contribution in [0.3, 0.4) is 0 Å². The van der Waals surface area contributed by atoms with Crippen LogP contribution in [-0.2, 0) is 11.2 Å². The molecule has 2 amide bonds. The van der Waals surface area contributed by atoms with E-state index in [2.05, 4.69) is 4.98 Å². The van der Waals surface area contributed by atoms with Crippen molar-refractivity contribution in [3.63, 3.8) is 0 Å². The normalized spacial score (nSPS) is 15.9. The molecule has 0 radical (unpaired) electrons. The monoisotopic (exact) mass is 369 g/mol. The largest absolute Gasteiger partial charge is 0.454 e. The van der Waals surface area contributed by atoms with Crippen LogP contribution >= 0.6 is 0 Å². The topological polar surface area (TPSA) is 74.9 Å². The number of piperazine rings is 1. The van der Waals surface area contributed by atoms with Gasteiger partial charge in [0.25, 0.3) is 5.91 Å². The minimum Gasteiger partial charge on any atom is -0.454 e. The SMILES string of the molecule is Cc1cc(CC(=O)N2CCN(C(=O)c3ccc4c(c3)OCO4)CC2)c(C)[nH]1. The van der Waals surface area contributed by atoms with E-state index >= 15 is 0 Å². The van der Waals surface area contributed by atoms with Crippen molar-refractivity contribution in [3.05, 3.63) is 46.8 Å². The van der Waals surface area contributed by atoms with E-state index in [1.807, 2.05) is 24.8 Å². The number of aromatic amines is 1. The third-order valence-corrected chi connectivity index (χ3v) is 5.14. The number of benzene rings is 1. The molecular weight excluding hydrogens is 346 g/mol. The van der Waals surface area contributed by atoms with Gasteiger partial charge in [0.1, 0.15) is 0 Å². The maximum Gasteiger partial charge on any atom is 0.254 e. The Bertz CT molecular complexity index is 881. The molecule has 142 valence electrons. The summed E-state index contributed by atoms with van der Waals surface area (Å²) in [6.07, 6.45) is 0.395. The van der Waals surface area contributed by atoms with E-state index in [1.54, 1.807) is 23.1 Å². The highest BCUT2D eigenvalue weighted by atomic mass is 16.7. The molecule has 0 unspecified atom stereocenters. The van der Waals surface area contributed by atoms with Gasteiger partial charge in [-0.15, -0.1) is 0 Å². The molecule has 0 spiro atoms. The number of rotatable bonds is 3. The Morgan fingerprint density at radius 3 is 2.41 bits per heavy atom. The average molecular weight is 369 g/mol. The first kappa shape index (κ1) is 17.5. The van der Waals surface area contributed by atoms with Crippen molar-refractivity contribution in [1.82, 2.24) is 14.8 Å². The van der Waals surface area contributed by atoms with E-state index in [0.29, 0.717) is 49.7 Å². The lowest BCUT2D eigenvalue weighted by Crippen LogP contribution is -2.51. The van der Waals surface area contributed by atoms with Crippen molar-refractivity contribution in [3.8, 4) is 11.5 Å². The van der Waals surface area contributed by atoms with E-state index < -0.39 is 0 Å². The fourth-order valence-corrected chi connectivity index (χ4v) is 3.61. The second-order valence-electron chi connectivity index (χ2n) is 7.02. The van der Waals surface area contributed by atoms with E-state index in [9.17, 15) is 9.59 Å². The van der Waals surface area contributed by atoms with Gasteiger partial charge in [0, 0.05) is 43.1 Å². The van der Waals surface area contributed by atoms with Gasteiger partial charge in [-0.25, -0.2) is 0 Å². The lowest BCUT2D eigenvalue weighted by Gasteiger charge is -2.35. The second-order valence-corrected chi connectivity index (χ2v) is 7.02. The summed E-state index contributed by atoms with van der Waals surface area (Å²) in [7, 11) is 0. The molecule has 1 aromatic carbocycles. The summed E-state index contributed by atoms with van der Waals surface area (Å²) >= 11 is 0. The molecule has 0 saturated carbocycles. The van der Waals surface area contributed by atoms with Gasteiger partial charge < -0.3 is 24.3 Å². The number of ether oxygens (including phenoxy) is 2. The Balaban J connectivity index is 1.35. The average Bonchev–Trinajstić information content (AvgIpc) is 3.26. The molecule has 2 aromatic rings. The highest BCUT2D eigenvalue weighted by Gasteiger charge is 2.26. The van der Waals surface area contributed by atoms with Crippen LogP contribution in [0.15, 0.2) is 24.3 Å². The Labute approximate surface area is 157 Å². The smallest absolute Gasteiger partial charge is 0.254 e. The third kappa shape index (κ3) is 3.49. The van der Waals surface area contributed by atoms with E-state index in [-0.39, 0.29) is 18.6 Å². The standard InChI is InChI=1S/C20H23N3O4/c1-13-9-16(14(2)21-13)11-19(24)22-5-7-23(8-6-22)20(25)15-3-4-17-18(10-15)27-12-26-17/h3-4,9-10,21H,5-8,11-12H2,1-2H3. The number of H-pyrrole nitrogens is 1. The van der Waals surface area contributed by atoms with E-state index in [1.165, 1.54) is 0 Å². The van der Waals surface area contributed by atoms with E-state index in [0.717, 1.165) is 17.0 Å². The summed E-state index contributed by atoms with van der Waals surface area (Å²) in [4.78, 5) is 32.2. The van der Waals surface area contributed by atoms with Crippen LogP contribution in [0.2, 0.25) is 0 Å². The maximum absolute atomic E-state index is 12.7. The molecule has 0 bridgehead atoms. The number of hydrogen-bond donors (Lipinski definition) is 1. The minimum atomic E-state index is -0.0440. The molecular formula is C20H23N3O4. The van der Waals surface area contributed by atoms with Gasteiger partial charge in [0.15, 0.2) is 11.5 Å². The van der Waals surface area contributed by atoms with Gasteiger partial charge >= 0.3 is 0 Å². The number of amides is 2. The number of nitrogens with zero attached hydrogens (tertiary/aromatic N) is 2. The zero-order chi connectivity index (χ0) is 19.0. The summed E-state index contributed by atoms with van der Waals surface area (Å²) in [6.45, 7) is 6.33. The molecule has 4 rings (SSSR count). The van der Waals surface area contributed by atoms with Crippen molar-refractivity contribution < 1.29 is 19.1 Å². The summed E-state index contributed by atoms with van der Waals surface area (Å²) < 4.78 is 10.6. The fraction of sp³-hybridized carbons (Fsp3) is 0.400. The summed E-state index contributed by atoms with van der Waals surface area (Å²) in [6, 6.07) is 7.26. The lowest BCUT2D eigenvalue weighted by atomic mass is 10.1. The fourth-order valence-electron chi connectivity index (χ4n) is 3.61. The van der Waals surface area contributed by atoms with E-state index in [4.69, 9.17) is 9.47 Å². The van der Waals surface area contributed by atoms with Crippen LogP contribution in [0.25, 0.3) is 0 Å². The van der Waals surface area contributed by atoms with Crippen LogP contribution < -0.4 is 9.47 Å². The predicted octanol–water partition coefficient (Wildman–Crippen LogP) is 1.89. The third-order valence-electron chi connectivity index (χ3n) is 5.14. The Hall–Kier alpha value is -2.96. The molecule has 1 fully saturated rings. The molecule has 7 heteroatoms. The summed E-state index contributed by atoms with van der Waals surface area (Å²) in [5, 5.41) is 0. The quantitative estimate of drug-likeness (QED) is 0.897. The Morgan fingerprint density at radius 2 is 1.70 bits per heavy atom. The van der Waals surface area contributed by atoms with Crippen molar-refractivity contribution >= 4 is 11.8 Å². The van der Waals surface area contributed by atoms with Crippen molar-refractivity contribution in [2.45, 2.75) is 20.3 Å². The molecule has 1 aromatic heterocycles. The van der Waals surface area contributed by atoms with Crippen LogP contribution in [-0.4, -0.2) is 59.6 Å². The molecule has 7 nitrogen and oxygen atoms in total. The first-order chi connectivity index (χ1) is 13.0. The molecule has 2 aliphatic rings. The Kier molecular flexibility index (Phi) is 4.51. The van der Waals surface area contributed by atoms with Crippen molar-refractivity contribution in [2.75, 3.05) is 33.0 Å².